The van der Waals surface area contributed by atoms with E-state index in [1.165, 1.54) is 14.2 Å². The van der Waals surface area contributed by atoms with Gasteiger partial charge in [-0.25, -0.2) is 0 Å². The summed E-state index contributed by atoms with van der Waals surface area (Å²) in [7, 11) is 3.05. The smallest absolute Gasteiger partial charge is 0.167 e. The number of methoxy groups -OCH3 is 2. The van der Waals surface area contributed by atoms with E-state index in [1.54, 1.807) is 0 Å². The Kier molecular flexibility index (Phi) is 4.46. The van der Waals surface area contributed by atoms with Crippen LogP contribution in [-0.2, 0) is 9.47 Å². The zero-order valence-corrected chi connectivity index (χ0v) is 9.32. The number of hydrogen-bond donors (Lipinski definition) is 0. The fraction of sp³-hybridized carbons (Fsp3) is 0.417. The first-order valence-corrected chi connectivity index (χ1v) is 4.83. The highest BCUT2D eigenvalue weighted by atomic mass is 16.7. The summed E-state index contributed by atoms with van der Waals surface area (Å²) in [4.78, 5) is 11.7. The van der Waals surface area contributed by atoms with Gasteiger partial charge in [-0.3, -0.25) is 4.79 Å². The van der Waals surface area contributed by atoms with Gasteiger partial charge in [-0.15, -0.1) is 0 Å². The summed E-state index contributed by atoms with van der Waals surface area (Å²) < 4.78 is 9.94. The molecule has 0 unspecified atom stereocenters. The van der Waals surface area contributed by atoms with Gasteiger partial charge in [0, 0.05) is 19.8 Å². The van der Waals surface area contributed by atoms with Crippen LogP contribution in [0.3, 0.4) is 0 Å². The molecule has 0 saturated heterocycles. The molecule has 0 aliphatic carbocycles. The molecule has 0 fully saturated rings. The second kappa shape index (κ2) is 5.63. The summed E-state index contributed by atoms with van der Waals surface area (Å²) >= 11 is 0. The maximum Gasteiger partial charge on any atom is 0.167 e. The zero-order valence-electron chi connectivity index (χ0n) is 9.32. The molecule has 1 aromatic carbocycles. The highest BCUT2D eigenvalue weighted by Crippen LogP contribution is 2.09. The quantitative estimate of drug-likeness (QED) is 0.549. The van der Waals surface area contributed by atoms with Gasteiger partial charge in [0.1, 0.15) is 0 Å². The van der Waals surface area contributed by atoms with Crippen LogP contribution in [0.1, 0.15) is 22.3 Å². The summed E-state index contributed by atoms with van der Waals surface area (Å²) in [6.45, 7) is 1.99. The largest absolute Gasteiger partial charge is 0.355 e. The summed E-state index contributed by atoms with van der Waals surface area (Å²) in [5.74, 6) is 0.0312. The minimum Gasteiger partial charge on any atom is -0.355 e. The molecule has 0 aliphatic heterocycles. The molecule has 0 bridgehead atoms. The van der Waals surface area contributed by atoms with Crippen LogP contribution in [0.5, 0.6) is 0 Å². The molecular formula is C12H16O3. The van der Waals surface area contributed by atoms with Gasteiger partial charge in [0.25, 0.3) is 0 Å². The van der Waals surface area contributed by atoms with Crippen molar-refractivity contribution >= 4 is 5.78 Å². The summed E-state index contributed by atoms with van der Waals surface area (Å²) in [6.07, 6.45) is -0.213. The van der Waals surface area contributed by atoms with E-state index in [9.17, 15) is 4.79 Å². The van der Waals surface area contributed by atoms with Crippen molar-refractivity contribution in [3.63, 3.8) is 0 Å². The van der Waals surface area contributed by atoms with Crippen LogP contribution in [-0.4, -0.2) is 26.3 Å². The normalized spacial score (nSPS) is 10.7. The molecule has 0 spiro atoms. The van der Waals surface area contributed by atoms with Gasteiger partial charge >= 0.3 is 0 Å². The molecule has 15 heavy (non-hydrogen) atoms. The fourth-order valence-corrected chi connectivity index (χ4v) is 1.27. The summed E-state index contributed by atoms with van der Waals surface area (Å²) in [5, 5.41) is 0. The van der Waals surface area contributed by atoms with Crippen LogP contribution in [0, 0.1) is 6.92 Å². The average Bonchev–Trinajstić information content (AvgIpc) is 2.26. The van der Waals surface area contributed by atoms with Crippen molar-refractivity contribution in [2.45, 2.75) is 19.6 Å². The van der Waals surface area contributed by atoms with E-state index in [-0.39, 0.29) is 12.2 Å². The van der Waals surface area contributed by atoms with E-state index >= 15 is 0 Å². The standard InChI is InChI=1S/C12H16O3/c1-9-4-6-10(7-5-9)11(13)8-12(14-2)15-3/h4-7,12H,8H2,1-3H3. The van der Waals surface area contributed by atoms with Crippen LogP contribution in [0.4, 0.5) is 0 Å². The number of aryl methyl sites for hydroxylation is 1. The number of carbonyl (C=O) groups is 1. The Morgan fingerprint density at radius 1 is 1.20 bits per heavy atom. The van der Waals surface area contributed by atoms with E-state index < -0.39 is 6.29 Å². The van der Waals surface area contributed by atoms with Crippen LogP contribution in [0.15, 0.2) is 24.3 Å². The maximum atomic E-state index is 11.7. The SMILES string of the molecule is COC(CC(=O)c1ccc(C)cc1)OC. The van der Waals surface area contributed by atoms with Crippen molar-refractivity contribution in [3.05, 3.63) is 35.4 Å². The monoisotopic (exact) mass is 208 g/mol. The zero-order chi connectivity index (χ0) is 11.3. The third kappa shape index (κ3) is 3.46. The van der Waals surface area contributed by atoms with Crippen molar-refractivity contribution in [2.24, 2.45) is 0 Å². The molecule has 1 aromatic rings. The number of Topliss-reactive ketones (excluding diaryl/α,β-unsaturated/α-hetero) is 1. The van der Waals surface area contributed by atoms with Gasteiger partial charge in [0.2, 0.25) is 0 Å². The Bertz CT molecular complexity index is 312. The third-order valence-corrected chi connectivity index (χ3v) is 2.25. The Balaban J connectivity index is 2.64. The first-order chi connectivity index (χ1) is 7.17. The van der Waals surface area contributed by atoms with E-state index in [0.717, 1.165) is 5.56 Å². The molecule has 0 atom stereocenters. The molecule has 1 rings (SSSR count). The van der Waals surface area contributed by atoms with Gasteiger partial charge in [0.15, 0.2) is 12.1 Å². The number of carbonyl (C=O) groups excluding carboxylic acids is 1. The van der Waals surface area contributed by atoms with Crippen molar-refractivity contribution < 1.29 is 14.3 Å². The van der Waals surface area contributed by atoms with Gasteiger partial charge < -0.3 is 9.47 Å². The molecule has 0 radical (unpaired) electrons. The predicted molar refractivity (Wildman–Crippen MR) is 57.9 cm³/mol. The Morgan fingerprint density at radius 2 is 1.73 bits per heavy atom. The molecule has 0 heterocycles. The number of ether oxygens (including phenoxy) is 2. The van der Waals surface area contributed by atoms with Crippen molar-refractivity contribution in [1.29, 1.82) is 0 Å². The third-order valence-electron chi connectivity index (χ3n) is 2.25. The van der Waals surface area contributed by atoms with Gasteiger partial charge in [-0.2, -0.15) is 0 Å². The molecule has 3 nitrogen and oxygen atoms in total. The highest BCUT2D eigenvalue weighted by Gasteiger charge is 2.13. The minimum absolute atomic E-state index is 0.0312. The minimum atomic E-state index is -0.459. The number of ketones is 1. The van der Waals surface area contributed by atoms with Gasteiger partial charge in [0.05, 0.1) is 6.42 Å². The van der Waals surface area contributed by atoms with Crippen molar-refractivity contribution in [2.75, 3.05) is 14.2 Å². The predicted octanol–water partition coefficient (Wildman–Crippen LogP) is 2.19. The topological polar surface area (TPSA) is 35.5 Å². The second-order valence-corrected chi connectivity index (χ2v) is 3.39. The average molecular weight is 208 g/mol. The Labute approximate surface area is 90.0 Å². The number of benzene rings is 1. The molecule has 3 heteroatoms. The van der Waals surface area contributed by atoms with Crippen LogP contribution >= 0.6 is 0 Å². The maximum absolute atomic E-state index is 11.7. The Hall–Kier alpha value is -1.19. The van der Waals surface area contributed by atoms with E-state index in [0.29, 0.717) is 5.56 Å². The van der Waals surface area contributed by atoms with Gasteiger partial charge in [-0.1, -0.05) is 29.8 Å². The lowest BCUT2D eigenvalue weighted by Crippen LogP contribution is -2.18. The molecule has 0 amide bonds. The van der Waals surface area contributed by atoms with E-state index in [4.69, 9.17) is 9.47 Å². The lowest BCUT2D eigenvalue weighted by molar-refractivity contribution is -0.0993. The fourth-order valence-electron chi connectivity index (χ4n) is 1.27. The molecule has 0 N–H and O–H groups in total. The van der Waals surface area contributed by atoms with E-state index in [1.807, 2.05) is 31.2 Å². The number of rotatable bonds is 5. The first kappa shape index (κ1) is 11.9. The van der Waals surface area contributed by atoms with Crippen molar-refractivity contribution in [3.8, 4) is 0 Å². The first-order valence-electron chi connectivity index (χ1n) is 4.83. The second-order valence-electron chi connectivity index (χ2n) is 3.39. The summed E-state index contributed by atoms with van der Waals surface area (Å²) in [6, 6.07) is 7.48. The van der Waals surface area contributed by atoms with Crippen molar-refractivity contribution in [1.82, 2.24) is 0 Å². The van der Waals surface area contributed by atoms with E-state index in [2.05, 4.69) is 0 Å². The summed E-state index contributed by atoms with van der Waals surface area (Å²) in [5.41, 5.74) is 1.83. The molecule has 0 aromatic heterocycles. The lowest BCUT2D eigenvalue weighted by Gasteiger charge is -2.12. The Morgan fingerprint density at radius 3 is 2.20 bits per heavy atom. The van der Waals surface area contributed by atoms with Crippen LogP contribution in [0.25, 0.3) is 0 Å². The number of hydrogen-bond acceptors (Lipinski definition) is 3. The highest BCUT2D eigenvalue weighted by molar-refractivity contribution is 5.96. The van der Waals surface area contributed by atoms with Crippen LogP contribution < -0.4 is 0 Å². The molecule has 0 saturated carbocycles. The lowest BCUT2D eigenvalue weighted by atomic mass is 10.1. The van der Waals surface area contributed by atoms with Crippen LogP contribution in [0.2, 0.25) is 0 Å². The molecular weight excluding hydrogens is 192 g/mol. The molecule has 82 valence electrons. The molecule has 0 aliphatic rings. The van der Waals surface area contributed by atoms with Gasteiger partial charge in [-0.05, 0) is 6.92 Å².